The molecule has 0 saturated carbocycles. The summed E-state index contributed by atoms with van der Waals surface area (Å²) in [4.78, 5) is 42.0. The van der Waals surface area contributed by atoms with Gasteiger partial charge in [0.2, 0.25) is 0 Å². The average molecular weight is 264 g/mol. The van der Waals surface area contributed by atoms with E-state index in [0.29, 0.717) is 0 Å². The molecule has 4 amide bonds. The van der Waals surface area contributed by atoms with E-state index in [0.717, 1.165) is 0 Å². The van der Waals surface area contributed by atoms with Crippen LogP contribution in [0.4, 0.5) is 19.2 Å². The van der Waals surface area contributed by atoms with Crippen molar-refractivity contribution < 1.29 is 39.6 Å². The molecule has 0 spiro atoms. The summed E-state index contributed by atoms with van der Waals surface area (Å²) in [5, 5.41) is 33.9. The summed E-state index contributed by atoms with van der Waals surface area (Å²) in [5.41, 5.74) is 0. The maximum atomic E-state index is 10.4. The highest BCUT2D eigenvalue weighted by molar-refractivity contribution is 5.86. The zero-order valence-corrected chi connectivity index (χ0v) is 9.14. The normalized spacial score (nSPS) is 9.56. The first kappa shape index (κ1) is 15.5. The number of nitrogens with zero attached hydrogens (tertiary/aromatic N) is 2. The van der Waals surface area contributed by atoms with Crippen molar-refractivity contribution in [2.45, 2.75) is 12.8 Å². The Kier molecular flexibility index (Phi) is 5.96. The molecule has 0 rings (SSSR count). The van der Waals surface area contributed by atoms with Gasteiger partial charge in [-0.25, -0.2) is 29.0 Å². The molecular weight excluding hydrogens is 252 g/mol. The van der Waals surface area contributed by atoms with Gasteiger partial charge in [-0.15, -0.1) is 0 Å². The summed E-state index contributed by atoms with van der Waals surface area (Å²) < 4.78 is 0. The second kappa shape index (κ2) is 6.93. The van der Waals surface area contributed by atoms with Gasteiger partial charge in [-0.2, -0.15) is 0 Å². The van der Waals surface area contributed by atoms with Gasteiger partial charge in [0.1, 0.15) is 0 Å². The smallest absolute Gasteiger partial charge is 0.416 e. The van der Waals surface area contributed by atoms with Crippen molar-refractivity contribution in [2.24, 2.45) is 0 Å². The number of carboxylic acid groups (broad SMARTS) is 4. The minimum Gasteiger partial charge on any atom is -0.465 e. The van der Waals surface area contributed by atoms with E-state index in [1.807, 2.05) is 0 Å². The second-order valence-electron chi connectivity index (χ2n) is 3.14. The van der Waals surface area contributed by atoms with E-state index in [1.165, 1.54) is 0 Å². The minimum absolute atomic E-state index is 0.0235. The van der Waals surface area contributed by atoms with E-state index in [-0.39, 0.29) is 35.7 Å². The van der Waals surface area contributed by atoms with Gasteiger partial charge in [0, 0.05) is 13.1 Å². The summed E-state index contributed by atoms with van der Waals surface area (Å²) in [5.74, 6) is 0. The molecule has 0 aromatic rings. The average Bonchev–Trinajstić information content (AvgIpc) is 2.20. The Morgan fingerprint density at radius 1 is 0.611 bits per heavy atom. The zero-order chi connectivity index (χ0) is 14.3. The van der Waals surface area contributed by atoms with E-state index < -0.39 is 24.4 Å². The molecule has 0 atom stereocenters. The monoisotopic (exact) mass is 264 g/mol. The van der Waals surface area contributed by atoms with Crippen LogP contribution >= 0.6 is 0 Å². The van der Waals surface area contributed by atoms with Crippen molar-refractivity contribution >= 4 is 24.4 Å². The van der Waals surface area contributed by atoms with E-state index in [4.69, 9.17) is 20.4 Å². The Hall–Kier alpha value is -2.52. The van der Waals surface area contributed by atoms with Crippen LogP contribution in [0.2, 0.25) is 0 Å². The third-order valence-electron chi connectivity index (χ3n) is 1.94. The Morgan fingerprint density at radius 3 is 1.00 bits per heavy atom. The molecule has 4 N–H and O–H groups in total. The van der Waals surface area contributed by atoms with Crippen LogP contribution in [0.25, 0.3) is 0 Å². The Labute approximate surface area is 101 Å². The predicted octanol–water partition coefficient (Wildman–Crippen LogP) is 1.08. The number of amides is 4. The minimum atomic E-state index is -1.64. The molecule has 0 aliphatic rings. The molecule has 0 fully saturated rings. The molecule has 0 aliphatic heterocycles. The van der Waals surface area contributed by atoms with E-state index in [2.05, 4.69) is 0 Å². The van der Waals surface area contributed by atoms with E-state index >= 15 is 0 Å². The van der Waals surface area contributed by atoms with Gasteiger partial charge in [-0.05, 0) is 12.8 Å². The van der Waals surface area contributed by atoms with Crippen LogP contribution in [0.15, 0.2) is 0 Å². The fraction of sp³-hybridized carbons (Fsp3) is 0.500. The van der Waals surface area contributed by atoms with Crippen LogP contribution in [0.3, 0.4) is 0 Å². The van der Waals surface area contributed by atoms with Crippen molar-refractivity contribution in [3.63, 3.8) is 0 Å². The molecule has 0 aliphatic carbocycles. The van der Waals surface area contributed by atoms with Crippen LogP contribution < -0.4 is 0 Å². The molecule has 102 valence electrons. The molecule has 0 aromatic heterocycles. The van der Waals surface area contributed by atoms with Gasteiger partial charge < -0.3 is 20.4 Å². The van der Waals surface area contributed by atoms with Crippen molar-refractivity contribution in [3.8, 4) is 0 Å². The summed E-state index contributed by atoms with van der Waals surface area (Å²) in [7, 11) is 0. The summed E-state index contributed by atoms with van der Waals surface area (Å²) >= 11 is 0. The Balaban J connectivity index is 4.12. The van der Waals surface area contributed by atoms with Gasteiger partial charge in [0.15, 0.2) is 0 Å². The second-order valence-corrected chi connectivity index (χ2v) is 3.14. The van der Waals surface area contributed by atoms with Gasteiger partial charge in [-0.3, -0.25) is 0 Å². The highest BCUT2D eigenvalue weighted by Gasteiger charge is 2.21. The largest absolute Gasteiger partial charge is 0.465 e. The SMILES string of the molecule is O=C(O)N(CCCCN(C(=O)O)C(=O)O)C(=O)O. The first-order valence-electron chi connectivity index (χ1n) is 4.74. The van der Waals surface area contributed by atoms with Crippen LogP contribution in [0, 0.1) is 0 Å². The molecule has 18 heavy (non-hydrogen) atoms. The van der Waals surface area contributed by atoms with Gasteiger partial charge in [0.05, 0.1) is 0 Å². The molecule has 0 unspecified atom stereocenters. The Bertz CT molecular complexity index is 293. The Morgan fingerprint density at radius 2 is 0.833 bits per heavy atom. The van der Waals surface area contributed by atoms with Crippen molar-refractivity contribution in [1.29, 1.82) is 0 Å². The quantitative estimate of drug-likeness (QED) is 0.537. The number of hydrogen-bond acceptors (Lipinski definition) is 4. The lowest BCUT2D eigenvalue weighted by molar-refractivity contribution is 0.115. The lowest BCUT2D eigenvalue weighted by Crippen LogP contribution is -2.37. The molecule has 0 bridgehead atoms. The van der Waals surface area contributed by atoms with Gasteiger partial charge in [0.25, 0.3) is 0 Å². The molecule has 0 radical (unpaired) electrons. The van der Waals surface area contributed by atoms with Crippen molar-refractivity contribution in [2.75, 3.05) is 13.1 Å². The molecule has 10 heteroatoms. The van der Waals surface area contributed by atoms with Crippen LogP contribution in [0.5, 0.6) is 0 Å². The van der Waals surface area contributed by atoms with Gasteiger partial charge in [-0.1, -0.05) is 0 Å². The third-order valence-corrected chi connectivity index (χ3v) is 1.94. The molecular formula is C8H12N2O8. The standard InChI is InChI=1S/C8H12N2O8/c11-5(12)9(6(13)14)3-1-2-4-10(7(15)16)8(17)18/h1-4H2,(H,11,12)(H,13,14)(H,15,16)(H,17,18). The fourth-order valence-corrected chi connectivity index (χ4v) is 1.09. The van der Waals surface area contributed by atoms with Crippen LogP contribution in [0.1, 0.15) is 12.8 Å². The predicted molar refractivity (Wildman–Crippen MR) is 54.7 cm³/mol. The number of hydrogen-bond donors (Lipinski definition) is 4. The maximum absolute atomic E-state index is 10.4. The molecule has 10 nitrogen and oxygen atoms in total. The lowest BCUT2D eigenvalue weighted by Gasteiger charge is -2.15. The molecule has 0 aromatic carbocycles. The number of carbonyl (C=O) groups is 4. The maximum Gasteiger partial charge on any atom is 0.416 e. The topological polar surface area (TPSA) is 156 Å². The zero-order valence-electron chi connectivity index (χ0n) is 9.14. The number of rotatable bonds is 5. The van der Waals surface area contributed by atoms with Crippen LogP contribution in [-0.4, -0.2) is 67.7 Å². The highest BCUT2D eigenvalue weighted by atomic mass is 16.4. The number of unbranched alkanes of at least 4 members (excludes halogenated alkanes) is 1. The summed E-state index contributed by atoms with van der Waals surface area (Å²) in [6.45, 7) is -0.699. The summed E-state index contributed by atoms with van der Waals surface area (Å²) in [6, 6.07) is 0. The van der Waals surface area contributed by atoms with Gasteiger partial charge >= 0.3 is 24.4 Å². The summed E-state index contributed by atoms with van der Waals surface area (Å²) in [6.07, 6.45) is -6.52. The molecule has 0 saturated heterocycles. The highest BCUT2D eigenvalue weighted by Crippen LogP contribution is 2.00. The first-order chi connectivity index (χ1) is 8.27. The lowest BCUT2D eigenvalue weighted by atomic mass is 10.3. The van der Waals surface area contributed by atoms with E-state index in [9.17, 15) is 19.2 Å². The first-order valence-corrected chi connectivity index (χ1v) is 4.74. The number of imide groups is 2. The fourth-order valence-electron chi connectivity index (χ4n) is 1.09. The molecule has 0 heterocycles. The van der Waals surface area contributed by atoms with E-state index in [1.54, 1.807) is 0 Å². The van der Waals surface area contributed by atoms with Crippen LogP contribution in [-0.2, 0) is 0 Å². The van der Waals surface area contributed by atoms with Crippen molar-refractivity contribution in [3.05, 3.63) is 0 Å². The van der Waals surface area contributed by atoms with Crippen molar-refractivity contribution in [1.82, 2.24) is 9.80 Å². The third kappa shape index (κ3) is 5.01.